The second-order valence-corrected chi connectivity index (χ2v) is 4.17. The van der Waals surface area contributed by atoms with Gasteiger partial charge in [0.25, 0.3) is 0 Å². The minimum atomic E-state index is -0.0446. The summed E-state index contributed by atoms with van der Waals surface area (Å²) in [6.07, 6.45) is 2.97. The Hall–Kier alpha value is -0.770. The summed E-state index contributed by atoms with van der Waals surface area (Å²) in [5, 5.41) is 4.00. The number of piperidine rings is 1. The fourth-order valence-electron chi connectivity index (χ4n) is 2.03. The largest absolute Gasteiger partial charge is 0.479 e. The molecule has 0 aliphatic carbocycles. The normalized spacial score (nSPS) is 26.0. The first-order valence-electron chi connectivity index (χ1n) is 5.30. The van der Waals surface area contributed by atoms with Crippen molar-refractivity contribution in [2.45, 2.75) is 31.8 Å². The molecule has 0 N–H and O–H groups in total. The van der Waals surface area contributed by atoms with Crippen molar-refractivity contribution in [2.75, 3.05) is 26.7 Å². The molecule has 0 amide bonds. The standard InChI is InChI=1S/C10H18N2O2/c1-3-13-9-8-10(14-11-9)4-6-12(2)7-5-10/h3-8H2,1-2H3. The van der Waals surface area contributed by atoms with E-state index in [-0.39, 0.29) is 5.60 Å². The van der Waals surface area contributed by atoms with Gasteiger partial charge in [0.05, 0.1) is 13.0 Å². The van der Waals surface area contributed by atoms with Crippen molar-refractivity contribution >= 4 is 5.90 Å². The van der Waals surface area contributed by atoms with Crippen LogP contribution in [0.1, 0.15) is 26.2 Å². The molecule has 0 bridgehead atoms. The van der Waals surface area contributed by atoms with Crippen molar-refractivity contribution < 1.29 is 9.57 Å². The second-order valence-electron chi connectivity index (χ2n) is 4.17. The number of oxime groups is 1. The van der Waals surface area contributed by atoms with Crippen molar-refractivity contribution in [3.63, 3.8) is 0 Å². The third-order valence-corrected chi connectivity index (χ3v) is 3.02. The highest BCUT2D eigenvalue weighted by atomic mass is 16.7. The average Bonchev–Trinajstić information content (AvgIpc) is 2.56. The van der Waals surface area contributed by atoms with Gasteiger partial charge in [0.1, 0.15) is 5.60 Å². The molecule has 2 aliphatic heterocycles. The number of hydrogen-bond acceptors (Lipinski definition) is 4. The Bertz CT molecular complexity index is 232. The predicted molar refractivity (Wildman–Crippen MR) is 54.2 cm³/mol. The summed E-state index contributed by atoms with van der Waals surface area (Å²) in [5.41, 5.74) is -0.0446. The molecule has 4 nitrogen and oxygen atoms in total. The molecule has 0 aromatic rings. The summed E-state index contributed by atoms with van der Waals surface area (Å²) >= 11 is 0. The van der Waals surface area contributed by atoms with E-state index in [2.05, 4.69) is 17.1 Å². The van der Waals surface area contributed by atoms with Gasteiger partial charge in [-0.15, -0.1) is 0 Å². The first-order valence-corrected chi connectivity index (χ1v) is 5.30. The van der Waals surface area contributed by atoms with Crippen LogP contribution in [0.4, 0.5) is 0 Å². The van der Waals surface area contributed by atoms with E-state index in [4.69, 9.17) is 9.57 Å². The highest BCUT2D eigenvalue weighted by Crippen LogP contribution is 2.34. The van der Waals surface area contributed by atoms with Crippen LogP contribution in [0.3, 0.4) is 0 Å². The summed E-state index contributed by atoms with van der Waals surface area (Å²) in [6.45, 7) is 4.84. The lowest BCUT2D eigenvalue weighted by Gasteiger charge is -2.34. The molecule has 1 fully saturated rings. The molecule has 14 heavy (non-hydrogen) atoms. The zero-order valence-electron chi connectivity index (χ0n) is 8.95. The maximum Gasteiger partial charge on any atom is 0.229 e. The van der Waals surface area contributed by atoms with Crippen LogP contribution in [-0.2, 0) is 9.57 Å². The molecule has 0 saturated carbocycles. The summed E-state index contributed by atoms with van der Waals surface area (Å²) < 4.78 is 5.37. The van der Waals surface area contributed by atoms with E-state index in [1.54, 1.807) is 0 Å². The van der Waals surface area contributed by atoms with Gasteiger partial charge in [-0.1, -0.05) is 5.16 Å². The molecule has 0 atom stereocenters. The smallest absolute Gasteiger partial charge is 0.229 e. The van der Waals surface area contributed by atoms with Crippen molar-refractivity contribution in [2.24, 2.45) is 5.16 Å². The molecular formula is C10H18N2O2. The maximum atomic E-state index is 5.53. The first-order chi connectivity index (χ1) is 6.74. The maximum absolute atomic E-state index is 5.53. The molecule has 2 heterocycles. The number of nitrogens with zero attached hydrogens (tertiary/aromatic N) is 2. The molecule has 0 aromatic heterocycles. The summed E-state index contributed by atoms with van der Waals surface area (Å²) in [4.78, 5) is 7.86. The molecule has 4 heteroatoms. The van der Waals surface area contributed by atoms with E-state index in [1.165, 1.54) is 0 Å². The number of hydrogen-bond donors (Lipinski definition) is 0. The van der Waals surface area contributed by atoms with E-state index in [0.717, 1.165) is 38.2 Å². The lowest BCUT2D eigenvalue weighted by molar-refractivity contribution is -0.0578. The Morgan fingerprint density at radius 3 is 2.86 bits per heavy atom. The monoisotopic (exact) mass is 198 g/mol. The summed E-state index contributed by atoms with van der Waals surface area (Å²) in [7, 11) is 2.14. The molecule has 2 rings (SSSR count). The van der Waals surface area contributed by atoms with E-state index in [1.807, 2.05) is 6.92 Å². The molecule has 2 aliphatic rings. The number of ether oxygens (including phenoxy) is 1. The van der Waals surface area contributed by atoms with Crippen LogP contribution in [0.15, 0.2) is 5.16 Å². The minimum Gasteiger partial charge on any atom is -0.479 e. The predicted octanol–water partition coefficient (Wildman–Crippen LogP) is 1.22. The lowest BCUT2D eigenvalue weighted by atomic mass is 9.89. The average molecular weight is 198 g/mol. The van der Waals surface area contributed by atoms with Gasteiger partial charge in [-0.3, -0.25) is 0 Å². The van der Waals surface area contributed by atoms with E-state index >= 15 is 0 Å². The van der Waals surface area contributed by atoms with Gasteiger partial charge in [-0.2, -0.15) is 0 Å². The molecule has 0 unspecified atom stereocenters. The third-order valence-electron chi connectivity index (χ3n) is 3.02. The van der Waals surface area contributed by atoms with Gasteiger partial charge in [-0.05, 0) is 14.0 Å². The van der Waals surface area contributed by atoms with E-state index < -0.39 is 0 Å². The van der Waals surface area contributed by atoms with Crippen molar-refractivity contribution in [3.05, 3.63) is 0 Å². The Morgan fingerprint density at radius 2 is 2.21 bits per heavy atom. The Balaban J connectivity index is 1.89. The highest BCUT2D eigenvalue weighted by Gasteiger charge is 2.42. The number of rotatable bonds is 1. The molecule has 1 spiro atoms. The fraction of sp³-hybridized carbons (Fsp3) is 0.900. The van der Waals surface area contributed by atoms with Gasteiger partial charge < -0.3 is 14.5 Å². The molecule has 0 aromatic carbocycles. The Morgan fingerprint density at radius 1 is 1.50 bits per heavy atom. The first kappa shape index (κ1) is 9.77. The van der Waals surface area contributed by atoms with Gasteiger partial charge in [-0.25, -0.2) is 0 Å². The molecule has 0 radical (unpaired) electrons. The Kier molecular flexibility index (Phi) is 2.63. The SMILES string of the molecule is CCOC1=NOC2(CCN(C)CC2)C1. The van der Waals surface area contributed by atoms with E-state index in [0.29, 0.717) is 6.61 Å². The number of likely N-dealkylation sites (tertiary alicyclic amines) is 1. The van der Waals surface area contributed by atoms with Crippen molar-refractivity contribution in [1.29, 1.82) is 0 Å². The second kappa shape index (κ2) is 3.77. The van der Waals surface area contributed by atoms with Gasteiger partial charge in [0.15, 0.2) is 0 Å². The van der Waals surface area contributed by atoms with E-state index in [9.17, 15) is 0 Å². The fourth-order valence-corrected chi connectivity index (χ4v) is 2.03. The van der Waals surface area contributed by atoms with Gasteiger partial charge in [0.2, 0.25) is 5.90 Å². The quantitative estimate of drug-likeness (QED) is 0.635. The third kappa shape index (κ3) is 1.85. The van der Waals surface area contributed by atoms with Gasteiger partial charge in [0, 0.05) is 25.9 Å². The highest BCUT2D eigenvalue weighted by molar-refractivity contribution is 5.78. The van der Waals surface area contributed by atoms with Crippen LogP contribution in [0.25, 0.3) is 0 Å². The van der Waals surface area contributed by atoms with Crippen LogP contribution >= 0.6 is 0 Å². The van der Waals surface area contributed by atoms with Crippen LogP contribution < -0.4 is 0 Å². The molecular weight excluding hydrogens is 180 g/mol. The summed E-state index contributed by atoms with van der Waals surface area (Å²) in [5.74, 6) is 0.775. The van der Waals surface area contributed by atoms with Crippen molar-refractivity contribution in [3.8, 4) is 0 Å². The van der Waals surface area contributed by atoms with Crippen LogP contribution in [0.2, 0.25) is 0 Å². The molecule has 80 valence electrons. The van der Waals surface area contributed by atoms with Crippen LogP contribution in [-0.4, -0.2) is 43.1 Å². The van der Waals surface area contributed by atoms with Crippen LogP contribution in [0.5, 0.6) is 0 Å². The zero-order chi connectivity index (χ0) is 10.0. The summed E-state index contributed by atoms with van der Waals surface area (Å²) in [6, 6.07) is 0. The topological polar surface area (TPSA) is 34.1 Å². The lowest BCUT2D eigenvalue weighted by Crippen LogP contribution is -2.42. The van der Waals surface area contributed by atoms with Crippen LogP contribution in [0, 0.1) is 0 Å². The minimum absolute atomic E-state index is 0.0446. The molecule has 1 saturated heterocycles. The zero-order valence-corrected chi connectivity index (χ0v) is 8.95. The van der Waals surface area contributed by atoms with Gasteiger partial charge >= 0.3 is 0 Å². The Labute approximate surface area is 84.8 Å². The van der Waals surface area contributed by atoms with Crippen molar-refractivity contribution in [1.82, 2.24) is 4.90 Å².